The highest BCUT2D eigenvalue weighted by Crippen LogP contribution is 2.24. The monoisotopic (exact) mass is 314 g/mol. The molecule has 0 unspecified atom stereocenters. The average molecular weight is 314 g/mol. The molecule has 1 N–H and O–H groups in total. The van der Waals surface area contributed by atoms with Crippen molar-refractivity contribution in [2.24, 2.45) is 11.8 Å². The number of likely N-dealkylation sites (tertiary alicyclic amines) is 1. The third kappa shape index (κ3) is 4.12. The zero-order valence-electron chi connectivity index (χ0n) is 13.9. The van der Waals surface area contributed by atoms with E-state index in [1.54, 1.807) is 0 Å². The van der Waals surface area contributed by atoms with Crippen molar-refractivity contribution >= 4 is 11.8 Å². The lowest BCUT2D eigenvalue weighted by Crippen LogP contribution is -2.48. The van der Waals surface area contributed by atoms with Crippen LogP contribution in [0.4, 0.5) is 0 Å². The zero-order chi connectivity index (χ0) is 16.2. The van der Waals surface area contributed by atoms with E-state index in [-0.39, 0.29) is 17.7 Å². The van der Waals surface area contributed by atoms with E-state index in [4.69, 9.17) is 0 Å². The van der Waals surface area contributed by atoms with E-state index < -0.39 is 0 Å². The molecule has 2 aliphatic rings. The van der Waals surface area contributed by atoms with E-state index >= 15 is 0 Å². The molecule has 0 aromatic heterocycles. The molecule has 0 radical (unpaired) electrons. The van der Waals surface area contributed by atoms with E-state index in [2.05, 4.69) is 36.5 Å². The molecule has 2 amide bonds. The molecular formula is C19H26N2O2. The Labute approximate surface area is 138 Å². The van der Waals surface area contributed by atoms with Crippen LogP contribution in [0.2, 0.25) is 0 Å². The highest BCUT2D eigenvalue weighted by Gasteiger charge is 2.31. The minimum Gasteiger partial charge on any atom is -0.355 e. The molecule has 4 heteroatoms. The fraction of sp³-hybridized carbons (Fsp3) is 0.579. The van der Waals surface area contributed by atoms with Gasteiger partial charge in [-0.15, -0.1) is 0 Å². The van der Waals surface area contributed by atoms with Crippen LogP contribution in [-0.4, -0.2) is 36.3 Å². The number of benzene rings is 1. The molecule has 3 rings (SSSR count). The van der Waals surface area contributed by atoms with Gasteiger partial charge in [0.05, 0.1) is 5.92 Å². The SMILES string of the molecule is Cc1ccc(C[C@@H]2CCCN(C(=O)[C@@H]3CCC(=O)NC3)C2)cc1. The summed E-state index contributed by atoms with van der Waals surface area (Å²) in [6.45, 7) is 4.34. The molecule has 0 spiro atoms. The summed E-state index contributed by atoms with van der Waals surface area (Å²) in [5.74, 6) is 0.836. The van der Waals surface area contributed by atoms with Gasteiger partial charge in [0.2, 0.25) is 11.8 Å². The van der Waals surface area contributed by atoms with Gasteiger partial charge in [0, 0.05) is 26.1 Å². The second-order valence-electron chi connectivity index (χ2n) is 7.02. The summed E-state index contributed by atoms with van der Waals surface area (Å²) < 4.78 is 0. The Kier molecular flexibility index (Phi) is 4.99. The predicted octanol–water partition coefficient (Wildman–Crippen LogP) is 2.30. The van der Waals surface area contributed by atoms with Crippen molar-refractivity contribution in [2.75, 3.05) is 19.6 Å². The van der Waals surface area contributed by atoms with Gasteiger partial charge in [0.15, 0.2) is 0 Å². The second-order valence-corrected chi connectivity index (χ2v) is 7.02. The summed E-state index contributed by atoms with van der Waals surface area (Å²) in [7, 11) is 0. The highest BCUT2D eigenvalue weighted by molar-refractivity contribution is 5.83. The normalized spacial score (nSPS) is 25.1. The number of amides is 2. The second kappa shape index (κ2) is 7.16. The summed E-state index contributed by atoms with van der Waals surface area (Å²) >= 11 is 0. The Bertz CT molecular complexity index is 557. The van der Waals surface area contributed by atoms with Crippen LogP contribution in [0.5, 0.6) is 0 Å². The molecule has 2 atom stereocenters. The molecule has 124 valence electrons. The van der Waals surface area contributed by atoms with Gasteiger partial charge in [-0.3, -0.25) is 9.59 Å². The Hall–Kier alpha value is -1.84. The fourth-order valence-electron chi connectivity index (χ4n) is 3.69. The first-order valence-corrected chi connectivity index (χ1v) is 8.73. The van der Waals surface area contributed by atoms with Gasteiger partial charge in [0.1, 0.15) is 0 Å². The minimum atomic E-state index is -0.0224. The maximum atomic E-state index is 12.7. The van der Waals surface area contributed by atoms with Gasteiger partial charge in [-0.2, -0.15) is 0 Å². The van der Waals surface area contributed by atoms with Crippen molar-refractivity contribution in [3.05, 3.63) is 35.4 Å². The van der Waals surface area contributed by atoms with Crippen molar-refractivity contribution in [1.29, 1.82) is 0 Å². The van der Waals surface area contributed by atoms with Gasteiger partial charge < -0.3 is 10.2 Å². The molecular weight excluding hydrogens is 288 g/mol. The standard InChI is InChI=1S/C19H26N2O2/c1-14-4-6-15(7-5-14)11-16-3-2-10-21(13-16)19(23)17-8-9-18(22)20-12-17/h4-7,16-17H,2-3,8-13H2,1H3,(H,20,22)/t16-,17+/m0/s1. The average Bonchev–Trinajstić information content (AvgIpc) is 2.57. The number of nitrogens with zero attached hydrogens (tertiary/aromatic N) is 1. The number of carbonyl (C=O) groups is 2. The number of nitrogens with one attached hydrogen (secondary N) is 1. The third-order valence-electron chi connectivity index (χ3n) is 5.09. The van der Waals surface area contributed by atoms with Crippen LogP contribution in [-0.2, 0) is 16.0 Å². The van der Waals surface area contributed by atoms with Gasteiger partial charge >= 0.3 is 0 Å². The molecule has 1 aromatic carbocycles. The number of aryl methyl sites for hydroxylation is 1. The highest BCUT2D eigenvalue weighted by atomic mass is 16.2. The fourth-order valence-corrected chi connectivity index (χ4v) is 3.69. The van der Waals surface area contributed by atoms with E-state index in [1.807, 2.05) is 4.90 Å². The number of hydrogen-bond acceptors (Lipinski definition) is 2. The van der Waals surface area contributed by atoms with Gasteiger partial charge in [-0.1, -0.05) is 29.8 Å². The summed E-state index contributed by atoms with van der Waals surface area (Å²) in [4.78, 5) is 26.0. The van der Waals surface area contributed by atoms with Crippen LogP contribution >= 0.6 is 0 Å². The van der Waals surface area contributed by atoms with Gasteiger partial charge in [-0.25, -0.2) is 0 Å². The lowest BCUT2D eigenvalue weighted by molar-refractivity contribution is -0.139. The van der Waals surface area contributed by atoms with Crippen molar-refractivity contribution in [3.63, 3.8) is 0 Å². The number of rotatable bonds is 3. The summed E-state index contributed by atoms with van der Waals surface area (Å²) in [6.07, 6.45) is 4.51. The largest absolute Gasteiger partial charge is 0.355 e. The molecule has 0 aliphatic carbocycles. The van der Waals surface area contributed by atoms with Crippen LogP contribution < -0.4 is 5.32 Å². The summed E-state index contributed by atoms with van der Waals surface area (Å²) in [6, 6.07) is 8.72. The first kappa shape index (κ1) is 16.0. The molecule has 1 aromatic rings. The molecule has 2 heterocycles. The van der Waals surface area contributed by atoms with Crippen molar-refractivity contribution in [1.82, 2.24) is 10.2 Å². The molecule has 23 heavy (non-hydrogen) atoms. The quantitative estimate of drug-likeness (QED) is 0.931. The first-order valence-electron chi connectivity index (χ1n) is 8.73. The summed E-state index contributed by atoms with van der Waals surface area (Å²) in [5.41, 5.74) is 2.65. The number of hydrogen-bond donors (Lipinski definition) is 1. The molecule has 2 saturated heterocycles. The topological polar surface area (TPSA) is 49.4 Å². The van der Waals surface area contributed by atoms with E-state index in [0.29, 0.717) is 25.3 Å². The molecule has 0 bridgehead atoms. The van der Waals surface area contributed by atoms with Gasteiger partial charge in [0.25, 0.3) is 0 Å². The minimum absolute atomic E-state index is 0.0224. The lowest BCUT2D eigenvalue weighted by Gasteiger charge is -2.36. The van der Waals surface area contributed by atoms with Crippen LogP contribution in [0, 0.1) is 18.8 Å². The number of carbonyl (C=O) groups excluding carboxylic acids is 2. The maximum absolute atomic E-state index is 12.7. The van der Waals surface area contributed by atoms with Gasteiger partial charge in [-0.05, 0) is 44.1 Å². The van der Waals surface area contributed by atoms with E-state index in [1.165, 1.54) is 17.5 Å². The van der Waals surface area contributed by atoms with Crippen LogP contribution in [0.1, 0.15) is 36.8 Å². The Balaban J connectivity index is 1.56. The molecule has 2 fully saturated rings. The third-order valence-corrected chi connectivity index (χ3v) is 5.09. The van der Waals surface area contributed by atoms with Crippen molar-refractivity contribution < 1.29 is 9.59 Å². The predicted molar refractivity (Wildman–Crippen MR) is 89.9 cm³/mol. The zero-order valence-corrected chi connectivity index (χ0v) is 13.9. The first-order chi connectivity index (χ1) is 11.1. The molecule has 0 saturated carbocycles. The number of piperidine rings is 2. The van der Waals surface area contributed by atoms with Crippen LogP contribution in [0.15, 0.2) is 24.3 Å². The summed E-state index contributed by atoms with van der Waals surface area (Å²) in [5, 5.41) is 2.82. The molecule has 4 nitrogen and oxygen atoms in total. The smallest absolute Gasteiger partial charge is 0.227 e. The molecule has 2 aliphatic heterocycles. The Morgan fingerprint density at radius 2 is 2.04 bits per heavy atom. The lowest BCUT2D eigenvalue weighted by atomic mass is 9.89. The maximum Gasteiger partial charge on any atom is 0.227 e. The van der Waals surface area contributed by atoms with E-state index in [0.717, 1.165) is 25.9 Å². The van der Waals surface area contributed by atoms with Crippen molar-refractivity contribution in [2.45, 2.75) is 39.0 Å². The van der Waals surface area contributed by atoms with Crippen molar-refractivity contribution in [3.8, 4) is 0 Å². The Morgan fingerprint density at radius 3 is 2.74 bits per heavy atom. The van der Waals surface area contributed by atoms with E-state index in [9.17, 15) is 9.59 Å². The van der Waals surface area contributed by atoms with Crippen LogP contribution in [0.25, 0.3) is 0 Å². The Morgan fingerprint density at radius 1 is 1.26 bits per heavy atom. The van der Waals surface area contributed by atoms with Crippen LogP contribution in [0.3, 0.4) is 0 Å².